The quantitative estimate of drug-likeness (QED) is 0.629. The molecule has 4 nitrogen and oxygen atoms in total. The molecule has 0 aliphatic heterocycles. The Balaban J connectivity index is 2.33. The van der Waals surface area contributed by atoms with Gasteiger partial charge in [-0.2, -0.15) is 0 Å². The van der Waals surface area contributed by atoms with Crippen molar-refractivity contribution in [2.24, 2.45) is 0 Å². The van der Waals surface area contributed by atoms with Gasteiger partial charge in [-0.25, -0.2) is 4.98 Å². The van der Waals surface area contributed by atoms with Gasteiger partial charge in [0.1, 0.15) is 12.5 Å². The highest BCUT2D eigenvalue weighted by molar-refractivity contribution is 9.10. The molecule has 0 spiro atoms. The first-order valence-corrected chi connectivity index (χ1v) is 7.58. The molecule has 1 aromatic rings. The third-order valence-corrected chi connectivity index (χ3v) is 3.42. The van der Waals surface area contributed by atoms with Crippen molar-refractivity contribution >= 4 is 26.8 Å². The molecule has 0 aliphatic rings. The first-order chi connectivity index (χ1) is 7.13. The number of aliphatic hydroxyl groups is 1. The molecule has 15 heavy (non-hydrogen) atoms. The summed E-state index contributed by atoms with van der Waals surface area (Å²) in [7, 11) is 0.423. The third-order valence-electron chi connectivity index (χ3n) is 1.81. The van der Waals surface area contributed by atoms with E-state index in [-0.39, 0.29) is 6.61 Å². The van der Waals surface area contributed by atoms with Gasteiger partial charge < -0.3 is 14.4 Å². The molecule has 0 amide bonds. The molecule has 86 valence electrons. The molecule has 0 saturated heterocycles. The lowest BCUT2D eigenvalue weighted by Crippen LogP contribution is -2.11. The maximum atomic E-state index is 8.88. The fraction of sp³-hybridized carbons (Fsp3) is 0.667. The lowest BCUT2D eigenvalue weighted by Gasteiger charge is -2.04. The maximum Gasteiger partial charge on any atom is 0.179 e. The van der Waals surface area contributed by atoms with Crippen molar-refractivity contribution in [2.75, 3.05) is 24.9 Å². The highest BCUT2D eigenvalue weighted by Gasteiger charge is 2.05. The Labute approximate surface area is 101 Å². The van der Waals surface area contributed by atoms with Crippen LogP contribution in [0.15, 0.2) is 10.9 Å². The lowest BCUT2D eigenvalue weighted by atomic mass is 10.5. The van der Waals surface area contributed by atoms with E-state index < -0.39 is 0 Å². The molecule has 0 radical (unpaired) electrons. The monoisotopic (exact) mass is 295 g/mol. The molecule has 6 heteroatoms. The molecule has 1 heterocycles. The van der Waals surface area contributed by atoms with Crippen LogP contribution in [0.1, 0.15) is 5.69 Å². The van der Waals surface area contributed by atoms with Crippen molar-refractivity contribution in [3.8, 4) is 0 Å². The standard InChI is InChI=1S/C9H16BrN2O2S/c1-15(2)4-3-14-7-12-5-8(6-13)11-9(12)10/h5,13H,3-4,6-7H2,1-2H3/q+1. The number of nitrogens with zero attached hydrogens (tertiary/aromatic N) is 2. The Morgan fingerprint density at radius 1 is 1.60 bits per heavy atom. The zero-order valence-electron chi connectivity index (χ0n) is 8.94. The molecule has 1 N–H and O–H groups in total. The van der Waals surface area contributed by atoms with Gasteiger partial charge >= 0.3 is 0 Å². The van der Waals surface area contributed by atoms with Gasteiger partial charge in [0.05, 0.1) is 31.4 Å². The summed E-state index contributed by atoms with van der Waals surface area (Å²) in [5.41, 5.74) is 0.649. The number of imidazole rings is 1. The van der Waals surface area contributed by atoms with Crippen LogP contribution in [0.3, 0.4) is 0 Å². The van der Waals surface area contributed by atoms with Crippen LogP contribution in [0, 0.1) is 0 Å². The van der Waals surface area contributed by atoms with E-state index in [4.69, 9.17) is 9.84 Å². The largest absolute Gasteiger partial charge is 0.390 e. The van der Waals surface area contributed by atoms with Gasteiger partial charge in [-0.15, -0.1) is 0 Å². The fourth-order valence-electron chi connectivity index (χ4n) is 1.000. The summed E-state index contributed by atoms with van der Waals surface area (Å²) >= 11 is 3.30. The average Bonchev–Trinajstić information content (AvgIpc) is 2.54. The zero-order chi connectivity index (χ0) is 11.3. The van der Waals surface area contributed by atoms with Gasteiger partial charge in [-0.1, -0.05) is 0 Å². The normalized spacial score (nSPS) is 11.3. The Morgan fingerprint density at radius 3 is 2.87 bits per heavy atom. The molecule has 0 bridgehead atoms. The molecule has 0 unspecified atom stereocenters. The second-order valence-corrected chi connectivity index (χ2v) is 6.44. The second-order valence-electron chi connectivity index (χ2n) is 3.36. The predicted octanol–water partition coefficient (Wildman–Crippen LogP) is 0.990. The average molecular weight is 296 g/mol. The highest BCUT2D eigenvalue weighted by Crippen LogP contribution is 2.10. The van der Waals surface area contributed by atoms with E-state index in [1.165, 1.54) is 0 Å². The van der Waals surface area contributed by atoms with E-state index in [1.54, 1.807) is 6.20 Å². The minimum Gasteiger partial charge on any atom is -0.390 e. The van der Waals surface area contributed by atoms with Crippen LogP contribution in [0.5, 0.6) is 0 Å². The number of halogens is 1. The van der Waals surface area contributed by atoms with E-state index >= 15 is 0 Å². The van der Waals surface area contributed by atoms with Crippen LogP contribution in [0.25, 0.3) is 0 Å². The molecular weight excluding hydrogens is 280 g/mol. The Hall–Kier alpha value is -0.0400. The topological polar surface area (TPSA) is 47.3 Å². The number of hydrogen-bond acceptors (Lipinski definition) is 3. The Morgan fingerprint density at radius 2 is 2.33 bits per heavy atom. The van der Waals surface area contributed by atoms with Crippen LogP contribution in [0.4, 0.5) is 0 Å². The van der Waals surface area contributed by atoms with Gasteiger partial charge in [0.25, 0.3) is 0 Å². The van der Waals surface area contributed by atoms with Crippen LogP contribution < -0.4 is 0 Å². The van der Waals surface area contributed by atoms with E-state index in [1.807, 2.05) is 4.57 Å². The number of ether oxygens (including phenoxy) is 1. The van der Waals surface area contributed by atoms with Gasteiger partial charge in [-0.05, 0) is 26.8 Å². The molecule has 0 aliphatic carbocycles. The Kier molecular flexibility index (Phi) is 5.66. The van der Waals surface area contributed by atoms with E-state index in [9.17, 15) is 0 Å². The first-order valence-electron chi connectivity index (χ1n) is 4.58. The summed E-state index contributed by atoms with van der Waals surface area (Å²) in [5.74, 6) is 1.08. The minimum absolute atomic E-state index is 0.0427. The molecule has 0 fully saturated rings. The molecule has 0 saturated carbocycles. The summed E-state index contributed by atoms with van der Waals surface area (Å²) in [6.07, 6.45) is 6.17. The Bertz CT molecular complexity index is 304. The second kappa shape index (κ2) is 6.52. The number of hydrogen-bond donors (Lipinski definition) is 1. The van der Waals surface area contributed by atoms with Crippen molar-refractivity contribution < 1.29 is 9.84 Å². The summed E-state index contributed by atoms with van der Waals surface area (Å²) in [5, 5.41) is 8.88. The third kappa shape index (κ3) is 4.55. The lowest BCUT2D eigenvalue weighted by molar-refractivity contribution is 0.0880. The SMILES string of the molecule is C[S+](C)CCOCn1cc(CO)nc1Br. The van der Waals surface area contributed by atoms with E-state index in [2.05, 4.69) is 33.4 Å². The number of rotatable bonds is 6. The van der Waals surface area contributed by atoms with Crippen molar-refractivity contribution in [2.45, 2.75) is 13.3 Å². The van der Waals surface area contributed by atoms with Crippen LogP contribution in [0.2, 0.25) is 0 Å². The van der Waals surface area contributed by atoms with Crippen molar-refractivity contribution in [3.05, 3.63) is 16.6 Å². The molecule has 0 atom stereocenters. The summed E-state index contributed by atoms with van der Waals surface area (Å²) < 4.78 is 8.01. The number of aromatic nitrogens is 2. The van der Waals surface area contributed by atoms with Crippen molar-refractivity contribution in [1.29, 1.82) is 0 Å². The summed E-state index contributed by atoms with van der Waals surface area (Å²) in [4.78, 5) is 4.09. The van der Waals surface area contributed by atoms with Crippen LogP contribution in [-0.4, -0.2) is 39.5 Å². The predicted molar refractivity (Wildman–Crippen MR) is 65.9 cm³/mol. The van der Waals surface area contributed by atoms with E-state index in [0.717, 1.165) is 12.4 Å². The minimum atomic E-state index is -0.0427. The maximum absolute atomic E-state index is 8.88. The molecular formula is C9H16BrN2O2S+. The first kappa shape index (κ1) is 13.0. The van der Waals surface area contributed by atoms with E-state index in [0.29, 0.717) is 28.1 Å². The fourth-order valence-corrected chi connectivity index (χ4v) is 1.88. The van der Waals surface area contributed by atoms with Gasteiger partial charge in [0.15, 0.2) is 4.73 Å². The number of aliphatic hydroxyl groups excluding tert-OH is 1. The summed E-state index contributed by atoms with van der Waals surface area (Å²) in [6, 6.07) is 0. The molecule has 0 aromatic carbocycles. The molecule has 1 rings (SSSR count). The summed E-state index contributed by atoms with van der Waals surface area (Å²) in [6.45, 7) is 1.19. The van der Waals surface area contributed by atoms with Crippen LogP contribution in [-0.2, 0) is 29.0 Å². The highest BCUT2D eigenvalue weighted by atomic mass is 79.9. The van der Waals surface area contributed by atoms with Crippen molar-refractivity contribution in [1.82, 2.24) is 9.55 Å². The van der Waals surface area contributed by atoms with Crippen LogP contribution >= 0.6 is 15.9 Å². The van der Waals surface area contributed by atoms with Crippen molar-refractivity contribution in [3.63, 3.8) is 0 Å². The van der Waals surface area contributed by atoms with Gasteiger partial charge in [0, 0.05) is 6.20 Å². The van der Waals surface area contributed by atoms with Gasteiger partial charge in [-0.3, -0.25) is 0 Å². The zero-order valence-corrected chi connectivity index (χ0v) is 11.3. The molecule has 1 aromatic heterocycles. The van der Waals surface area contributed by atoms with Gasteiger partial charge in [0.2, 0.25) is 0 Å². The smallest absolute Gasteiger partial charge is 0.179 e.